The number of hydrogen-bond acceptors (Lipinski definition) is 4. The third kappa shape index (κ3) is 8.29. The smallest absolute Gasteiger partial charge is 0.242 e. The number of nitrogens with one attached hydrogen (secondary N) is 1. The van der Waals surface area contributed by atoms with Crippen molar-refractivity contribution in [1.82, 2.24) is 10.2 Å². The van der Waals surface area contributed by atoms with E-state index in [1.165, 1.54) is 11.1 Å². The number of methoxy groups -OCH3 is 1. The van der Waals surface area contributed by atoms with Crippen LogP contribution in [0, 0.1) is 12.8 Å². The van der Waals surface area contributed by atoms with E-state index in [0.717, 1.165) is 17.1 Å². The van der Waals surface area contributed by atoms with Gasteiger partial charge in [-0.15, -0.1) is 11.8 Å². The summed E-state index contributed by atoms with van der Waals surface area (Å²) in [6.45, 7) is 8.89. The molecule has 1 atom stereocenters. The van der Waals surface area contributed by atoms with Crippen LogP contribution in [0.25, 0.3) is 0 Å². The molecule has 6 heteroatoms. The van der Waals surface area contributed by atoms with Crippen LogP contribution in [0.5, 0.6) is 5.75 Å². The van der Waals surface area contributed by atoms with Crippen LogP contribution in [0.4, 0.5) is 0 Å². The molecule has 0 aromatic heterocycles. The average molecular weight is 443 g/mol. The first-order chi connectivity index (χ1) is 14.8. The topological polar surface area (TPSA) is 58.6 Å². The summed E-state index contributed by atoms with van der Waals surface area (Å²) in [7, 11) is 1.62. The highest BCUT2D eigenvalue weighted by Gasteiger charge is 2.26. The number of amides is 2. The number of thioether (sulfide) groups is 1. The minimum Gasteiger partial charge on any atom is -0.497 e. The third-order valence-corrected chi connectivity index (χ3v) is 5.94. The van der Waals surface area contributed by atoms with Crippen molar-refractivity contribution in [2.24, 2.45) is 5.92 Å². The summed E-state index contributed by atoms with van der Waals surface area (Å²) < 4.78 is 5.31. The van der Waals surface area contributed by atoms with Crippen molar-refractivity contribution in [3.63, 3.8) is 0 Å². The largest absolute Gasteiger partial charge is 0.497 e. The summed E-state index contributed by atoms with van der Waals surface area (Å²) in [5.41, 5.74) is 3.33. The molecule has 0 aliphatic rings. The first-order valence-electron chi connectivity index (χ1n) is 10.6. The van der Waals surface area contributed by atoms with Gasteiger partial charge in [0.05, 0.1) is 12.9 Å². The maximum absolute atomic E-state index is 13.1. The predicted octanol–water partition coefficient (Wildman–Crippen LogP) is 4.43. The molecular formula is C25H34N2O3S. The second-order valence-corrected chi connectivity index (χ2v) is 9.15. The van der Waals surface area contributed by atoms with Gasteiger partial charge in [-0.1, -0.05) is 55.8 Å². The van der Waals surface area contributed by atoms with Gasteiger partial charge in [0.15, 0.2) is 0 Å². The molecular weight excluding hydrogens is 408 g/mol. The SMILES string of the molecule is COc1cccc(CN(C(=O)CSCc2ccc(C)cc2)C(C)C(=O)NCC(C)C)c1. The molecule has 0 saturated heterocycles. The maximum atomic E-state index is 13.1. The number of benzene rings is 2. The molecule has 2 rings (SSSR count). The normalized spacial score (nSPS) is 11.8. The lowest BCUT2D eigenvalue weighted by molar-refractivity contribution is -0.138. The van der Waals surface area contributed by atoms with Gasteiger partial charge >= 0.3 is 0 Å². The molecule has 0 saturated carbocycles. The number of carbonyl (C=O) groups is 2. The van der Waals surface area contributed by atoms with Gasteiger partial charge in [-0.3, -0.25) is 9.59 Å². The Morgan fingerprint density at radius 1 is 1.06 bits per heavy atom. The van der Waals surface area contributed by atoms with Gasteiger partial charge in [0.2, 0.25) is 11.8 Å². The van der Waals surface area contributed by atoms with Gasteiger partial charge in [-0.25, -0.2) is 0 Å². The lowest BCUT2D eigenvalue weighted by atomic mass is 10.1. The van der Waals surface area contributed by atoms with E-state index < -0.39 is 6.04 Å². The first kappa shape index (κ1) is 24.8. The number of ether oxygens (including phenoxy) is 1. The van der Waals surface area contributed by atoms with E-state index in [9.17, 15) is 9.59 Å². The van der Waals surface area contributed by atoms with Crippen molar-refractivity contribution >= 4 is 23.6 Å². The highest BCUT2D eigenvalue weighted by Crippen LogP contribution is 2.19. The molecule has 0 spiro atoms. The molecule has 2 amide bonds. The van der Waals surface area contributed by atoms with Crippen molar-refractivity contribution in [1.29, 1.82) is 0 Å². The van der Waals surface area contributed by atoms with Gasteiger partial charge in [0.25, 0.3) is 0 Å². The fourth-order valence-electron chi connectivity index (χ4n) is 3.03. The van der Waals surface area contributed by atoms with E-state index in [4.69, 9.17) is 4.74 Å². The number of nitrogens with zero attached hydrogens (tertiary/aromatic N) is 1. The number of rotatable bonds is 11. The fourth-order valence-corrected chi connectivity index (χ4v) is 3.90. The predicted molar refractivity (Wildman–Crippen MR) is 128 cm³/mol. The highest BCUT2D eigenvalue weighted by molar-refractivity contribution is 7.99. The zero-order valence-corrected chi connectivity index (χ0v) is 20.0. The quantitative estimate of drug-likeness (QED) is 0.559. The Hall–Kier alpha value is -2.47. The van der Waals surface area contributed by atoms with Crippen LogP contribution in [-0.2, 0) is 21.9 Å². The first-order valence-corrected chi connectivity index (χ1v) is 11.8. The van der Waals surface area contributed by atoms with Crippen LogP contribution in [0.1, 0.15) is 37.5 Å². The van der Waals surface area contributed by atoms with Gasteiger partial charge < -0.3 is 15.0 Å². The summed E-state index contributed by atoms with van der Waals surface area (Å²) in [6.07, 6.45) is 0. The highest BCUT2D eigenvalue weighted by atomic mass is 32.2. The molecule has 2 aromatic rings. The van der Waals surface area contributed by atoms with Crippen molar-refractivity contribution < 1.29 is 14.3 Å². The standard InChI is InChI=1S/C25H34N2O3S/c1-18(2)14-26-25(29)20(4)27(15-22-7-6-8-23(13-22)30-5)24(28)17-31-16-21-11-9-19(3)10-12-21/h6-13,18,20H,14-17H2,1-5H3,(H,26,29). The molecule has 1 N–H and O–H groups in total. The lowest BCUT2D eigenvalue weighted by Crippen LogP contribution is -2.48. The Kier molecular flexibility index (Phi) is 9.92. The summed E-state index contributed by atoms with van der Waals surface area (Å²) in [4.78, 5) is 27.5. The van der Waals surface area contributed by atoms with Crippen LogP contribution < -0.4 is 10.1 Å². The fraction of sp³-hybridized carbons (Fsp3) is 0.440. The minimum atomic E-state index is -0.558. The third-order valence-electron chi connectivity index (χ3n) is 4.95. The summed E-state index contributed by atoms with van der Waals surface area (Å²) in [5.74, 6) is 1.98. The van der Waals surface area contributed by atoms with Crippen LogP contribution in [0.15, 0.2) is 48.5 Å². The molecule has 5 nitrogen and oxygen atoms in total. The van der Waals surface area contributed by atoms with Crippen LogP contribution in [-0.4, -0.2) is 42.2 Å². The van der Waals surface area contributed by atoms with E-state index >= 15 is 0 Å². The average Bonchev–Trinajstić information content (AvgIpc) is 2.76. The van der Waals surface area contributed by atoms with Crippen molar-refractivity contribution in [2.75, 3.05) is 19.4 Å². The van der Waals surface area contributed by atoms with E-state index in [0.29, 0.717) is 24.8 Å². The summed E-state index contributed by atoms with van der Waals surface area (Å²) in [5, 5.41) is 2.95. The van der Waals surface area contributed by atoms with E-state index in [2.05, 4.69) is 36.5 Å². The van der Waals surface area contributed by atoms with Gasteiger partial charge in [-0.05, 0) is 43.0 Å². The molecule has 0 radical (unpaired) electrons. The number of carbonyl (C=O) groups excluding carboxylic acids is 2. The van der Waals surface area contributed by atoms with Crippen LogP contribution in [0.3, 0.4) is 0 Å². The number of aryl methyl sites for hydroxylation is 1. The molecule has 2 aromatic carbocycles. The zero-order chi connectivity index (χ0) is 22.8. The Balaban J connectivity index is 2.07. The van der Waals surface area contributed by atoms with E-state index in [1.54, 1.807) is 30.7 Å². The Morgan fingerprint density at radius 3 is 2.42 bits per heavy atom. The van der Waals surface area contributed by atoms with E-state index in [1.807, 2.05) is 38.1 Å². The molecule has 0 aliphatic heterocycles. The van der Waals surface area contributed by atoms with Crippen LogP contribution in [0.2, 0.25) is 0 Å². The molecule has 1 unspecified atom stereocenters. The van der Waals surface area contributed by atoms with Gasteiger partial charge in [-0.2, -0.15) is 0 Å². The van der Waals surface area contributed by atoms with Gasteiger partial charge in [0, 0.05) is 18.8 Å². The second-order valence-electron chi connectivity index (χ2n) is 8.17. The molecule has 31 heavy (non-hydrogen) atoms. The summed E-state index contributed by atoms with van der Waals surface area (Å²) in [6, 6.07) is 15.4. The van der Waals surface area contributed by atoms with Gasteiger partial charge in [0.1, 0.15) is 11.8 Å². The maximum Gasteiger partial charge on any atom is 0.242 e. The molecule has 0 bridgehead atoms. The summed E-state index contributed by atoms with van der Waals surface area (Å²) >= 11 is 1.57. The molecule has 0 fully saturated rings. The van der Waals surface area contributed by atoms with Crippen molar-refractivity contribution in [3.05, 3.63) is 65.2 Å². The van der Waals surface area contributed by atoms with E-state index in [-0.39, 0.29) is 11.8 Å². The van der Waals surface area contributed by atoms with Crippen molar-refractivity contribution in [3.8, 4) is 5.75 Å². The lowest BCUT2D eigenvalue weighted by Gasteiger charge is -2.29. The molecule has 168 valence electrons. The minimum absolute atomic E-state index is 0.0490. The zero-order valence-electron chi connectivity index (χ0n) is 19.2. The molecule has 0 heterocycles. The second kappa shape index (κ2) is 12.4. The molecule has 0 aliphatic carbocycles. The Morgan fingerprint density at radius 2 is 1.77 bits per heavy atom. The Labute approximate surface area is 190 Å². The Bertz CT molecular complexity index is 852. The van der Waals surface area contributed by atoms with Crippen molar-refractivity contribution in [2.45, 2.75) is 46.0 Å². The monoisotopic (exact) mass is 442 g/mol. The number of hydrogen-bond donors (Lipinski definition) is 1. The van der Waals surface area contributed by atoms with Crippen LogP contribution >= 0.6 is 11.8 Å².